The molecule has 0 radical (unpaired) electrons. The van der Waals surface area contributed by atoms with Crippen LogP contribution in [0.2, 0.25) is 0 Å². The Hall–Kier alpha value is -3.91. The second kappa shape index (κ2) is 7.90. The Kier molecular flexibility index (Phi) is 5.02. The molecular formula is C25H18FNO5S. The molecule has 0 fully saturated rings. The van der Waals surface area contributed by atoms with E-state index in [1.54, 1.807) is 30.3 Å². The number of hydrogen-bond donors (Lipinski definition) is 1. The van der Waals surface area contributed by atoms with Crippen LogP contribution in [0.3, 0.4) is 0 Å². The van der Waals surface area contributed by atoms with E-state index in [4.69, 9.17) is 9.15 Å². The predicted molar refractivity (Wildman–Crippen MR) is 122 cm³/mol. The summed E-state index contributed by atoms with van der Waals surface area (Å²) in [7, 11) is 1.50. The number of halogens is 1. The molecule has 3 heterocycles. The summed E-state index contributed by atoms with van der Waals surface area (Å²) >= 11 is 1.35. The average molecular weight is 463 g/mol. The van der Waals surface area contributed by atoms with Gasteiger partial charge in [0.25, 0.3) is 5.91 Å². The first-order chi connectivity index (χ1) is 15.9. The molecule has 1 atom stereocenters. The highest BCUT2D eigenvalue weighted by atomic mass is 32.1. The highest BCUT2D eigenvalue weighted by Crippen LogP contribution is 2.45. The number of amides is 1. The lowest BCUT2D eigenvalue weighted by Crippen LogP contribution is -2.31. The van der Waals surface area contributed by atoms with Gasteiger partial charge in [0.2, 0.25) is 5.78 Å². The van der Waals surface area contributed by atoms with E-state index >= 15 is 0 Å². The lowest BCUT2D eigenvalue weighted by molar-refractivity contribution is -0.117. The van der Waals surface area contributed by atoms with Crippen LogP contribution >= 0.6 is 11.3 Å². The number of rotatable bonds is 5. The third-order valence-electron chi connectivity index (χ3n) is 5.64. The number of methoxy groups -OCH3 is 1. The van der Waals surface area contributed by atoms with Gasteiger partial charge in [-0.25, -0.2) is 4.39 Å². The first-order valence-corrected chi connectivity index (χ1v) is 11.0. The van der Waals surface area contributed by atoms with Gasteiger partial charge in [-0.15, -0.1) is 11.3 Å². The molecule has 0 bridgehead atoms. The quantitative estimate of drug-likeness (QED) is 0.382. The second-order valence-corrected chi connectivity index (χ2v) is 8.55. The standard InChI is InChI=1S/C25H18FNO5S/c1-13-9-10-33-24(13)20-19(22(29)25(30)27(20)16-7-4-6-15(26)12-16)21(28)18-11-14-5-3-8-17(31-2)23(14)32-18/h3-12,20,29H,1-2H3. The smallest absolute Gasteiger partial charge is 0.294 e. The Morgan fingerprint density at radius 2 is 1.97 bits per heavy atom. The molecule has 2 aromatic carbocycles. The number of anilines is 1. The number of aliphatic hydroxyl groups is 1. The zero-order chi connectivity index (χ0) is 23.3. The van der Waals surface area contributed by atoms with E-state index in [2.05, 4.69) is 0 Å². The largest absolute Gasteiger partial charge is 0.503 e. The molecule has 0 saturated carbocycles. The van der Waals surface area contributed by atoms with Crippen molar-refractivity contribution in [2.45, 2.75) is 13.0 Å². The third kappa shape index (κ3) is 3.30. The fraction of sp³-hybridized carbons (Fsp3) is 0.120. The van der Waals surface area contributed by atoms with Gasteiger partial charge in [-0.1, -0.05) is 18.2 Å². The summed E-state index contributed by atoms with van der Waals surface area (Å²) in [6, 6.07) is 13.2. The molecule has 0 saturated heterocycles. The van der Waals surface area contributed by atoms with Crippen molar-refractivity contribution in [1.82, 2.24) is 0 Å². The van der Waals surface area contributed by atoms with Crippen molar-refractivity contribution < 1.29 is 28.2 Å². The maximum Gasteiger partial charge on any atom is 0.294 e. The van der Waals surface area contributed by atoms with Gasteiger partial charge in [-0.05, 0) is 54.3 Å². The maximum absolute atomic E-state index is 14.0. The van der Waals surface area contributed by atoms with Crippen LogP contribution in [0.1, 0.15) is 27.0 Å². The summed E-state index contributed by atoms with van der Waals surface area (Å²) in [5, 5.41) is 13.3. The molecule has 1 aliphatic heterocycles. The van der Waals surface area contributed by atoms with E-state index in [0.717, 1.165) is 5.56 Å². The molecule has 2 aromatic heterocycles. The van der Waals surface area contributed by atoms with Crippen LogP contribution in [0.5, 0.6) is 5.75 Å². The third-order valence-corrected chi connectivity index (χ3v) is 6.71. The van der Waals surface area contributed by atoms with Crippen LogP contribution in [-0.2, 0) is 4.79 Å². The summed E-state index contributed by atoms with van der Waals surface area (Å²) in [6.45, 7) is 1.85. The molecule has 1 unspecified atom stereocenters. The first kappa shape index (κ1) is 21.0. The number of benzene rings is 2. The van der Waals surface area contributed by atoms with Crippen molar-refractivity contribution in [2.24, 2.45) is 0 Å². The summed E-state index contributed by atoms with van der Waals surface area (Å²) in [4.78, 5) is 28.7. The molecule has 1 N–H and O–H groups in total. The fourth-order valence-corrected chi connectivity index (χ4v) is 5.11. The molecule has 0 spiro atoms. The Labute approximate surface area is 192 Å². The lowest BCUT2D eigenvalue weighted by Gasteiger charge is -2.26. The normalized spacial score (nSPS) is 16.2. The number of aliphatic hydroxyl groups excluding tert-OH is 1. The van der Waals surface area contributed by atoms with Crippen LogP contribution in [0.15, 0.2) is 75.7 Å². The molecule has 166 valence electrons. The number of hydrogen-bond acceptors (Lipinski definition) is 6. The summed E-state index contributed by atoms with van der Waals surface area (Å²) < 4.78 is 25.1. The Morgan fingerprint density at radius 3 is 2.67 bits per heavy atom. The fourth-order valence-electron chi connectivity index (χ4n) is 4.08. The van der Waals surface area contributed by atoms with Crippen molar-refractivity contribution in [3.05, 3.63) is 93.3 Å². The number of carbonyl (C=O) groups is 2. The zero-order valence-corrected chi connectivity index (χ0v) is 18.5. The number of aryl methyl sites for hydroxylation is 1. The molecule has 6 nitrogen and oxygen atoms in total. The SMILES string of the molecule is COc1cccc2cc(C(=O)C3=C(O)C(=O)N(c4cccc(F)c4)C3c3sccc3C)oc12. The number of para-hydroxylation sites is 1. The van der Waals surface area contributed by atoms with E-state index < -0.39 is 29.3 Å². The minimum Gasteiger partial charge on any atom is -0.503 e. The number of ketones is 1. The first-order valence-electron chi connectivity index (χ1n) is 10.1. The van der Waals surface area contributed by atoms with Crippen molar-refractivity contribution in [3.8, 4) is 5.75 Å². The summed E-state index contributed by atoms with van der Waals surface area (Å²) in [5.41, 5.74) is 1.34. The highest BCUT2D eigenvalue weighted by Gasteiger charge is 2.46. The van der Waals surface area contributed by atoms with Crippen LogP contribution in [0.25, 0.3) is 11.0 Å². The van der Waals surface area contributed by atoms with Crippen LogP contribution in [0, 0.1) is 12.7 Å². The van der Waals surface area contributed by atoms with Crippen LogP contribution in [-0.4, -0.2) is 23.9 Å². The molecule has 0 aliphatic carbocycles. The Balaban J connectivity index is 1.67. The number of carbonyl (C=O) groups excluding carboxylic acids is 2. The number of Topliss-reactive ketones (excluding diaryl/α,β-unsaturated/α-hetero) is 1. The summed E-state index contributed by atoms with van der Waals surface area (Å²) in [5.74, 6) is -2.21. The monoisotopic (exact) mass is 463 g/mol. The Bertz CT molecular complexity index is 1450. The van der Waals surface area contributed by atoms with Crippen LogP contribution in [0.4, 0.5) is 10.1 Å². The van der Waals surface area contributed by atoms with E-state index in [-0.39, 0.29) is 17.0 Å². The number of fused-ring (bicyclic) bond motifs is 1. The Morgan fingerprint density at radius 1 is 1.18 bits per heavy atom. The van der Waals surface area contributed by atoms with Gasteiger partial charge in [0.1, 0.15) is 11.9 Å². The van der Waals surface area contributed by atoms with Gasteiger partial charge in [0, 0.05) is 16.0 Å². The number of thiophene rings is 1. The maximum atomic E-state index is 14.0. The van der Waals surface area contributed by atoms with Gasteiger partial charge >= 0.3 is 0 Å². The van der Waals surface area contributed by atoms with Gasteiger partial charge < -0.3 is 14.3 Å². The number of ether oxygens (including phenoxy) is 1. The van der Waals surface area contributed by atoms with E-state index in [0.29, 0.717) is 21.6 Å². The lowest BCUT2D eigenvalue weighted by atomic mass is 9.98. The molecule has 33 heavy (non-hydrogen) atoms. The summed E-state index contributed by atoms with van der Waals surface area (Å²) in [6.07, 6.45) is 0. The second-order valence-electron chi connectivity index (χ2n) is 7.61. The molecule has 8 heteroatoms. The molecule has 4 aromatic rings. The average Bonchev–Trinajstić information content (AvgIpc) is 3.49. The molecular weight excluding hydrogens is 445 g/mol. The van der Waals surface area contributed by atoms with Gasteiger partial charge in [-0.3, -0.25) is 14.5 Å². The minimum absolute atomic E-state index is 0.0378. The number of nitrogens with zero attached hydrogens (tertiary/aromatic N) is 1. The molecule has 1 amide bonds. The molecule has 5 rings (SSSR count). The van der Waals surface area contributed by atoms with Gasteiger partial charge in [0.05, 0.1) is 12.7 Å². The topological polar surface area (TPSA) is 80.0 Å². The van der Waals surface area contributed by atoms with Crippen LogP contribution < -0.4 is 9.64 Å². The van der Waals surface area contributed by atoms with E-state index in [1.807, 2.05) is 18.4 Å². The zero-order valence-electron chi connectivity index (χ0n) is 17.7. The van der Waals surface area contributed by atoms with Crippen molar-refractivity contribution in [3.63, 3.8) is 0 Å². The van der Waals surface area contributed by atoms with E-state index in [9.17, 15) is 19.1 Å². The highest BCUT2D eigenvalue weighted by molar-refractivity contribution is 7.10. The van der Waals surface area contributed by atoms with E-state index in [1.165, 1.54) is 41.5 Å². The van der Waals surface area contributed by atoms with Gasteiger partial charge in [-0.2, -0.15) is 0 Å². The van der Waals surface area contributed by atoms with Crippen molar-refractivity contribution in [2.75, 3.05) is 12.0 Å². The van der Waals surface area contributed by atoms with Gasteiger partial charge in [0.15, 0.2) is 22.9 Å². The predicted octanol–water partition coefficient (Wildman–Crippen LogP) is 5.73. The van der Waals surface area contributed by atoms with Crippen molar-refractivity contribution in [1.29, 1.82) is 0 Å². The van der Waals surface area contributed by atoms with Crippen molar-refractivity contribution >= 4 is 39.7 Å². The minimum atomic E-state index is -0.929. The number of furan rings is 1. The molecule has 1 aliphatic rings.